The monoisotopic (exact) mass is 254 g/mol. The van der Waals surface area contributed by atoms with Gasteiger partial charge in [-0.3, -0.25) is 9.69 Å². The molecule has 2 unspecified atom stereocenters. The highest BCUT2D eigenvalue weighted by atomic mass is 16.3. The standard InChI is InChI=1S/C14H26N2O2/c1-2-8-15-13(17)11-16-9-7-14(18)6-4-3-5-12(14)10-16/h12,18H,2-11H2,1H3,(H,15,17). The van der Waals surface area contributed by atoms with E-state index >= 15 is 0 Å². The highest BCUT2D eigenvalue weighted by Crippen LogP contribution is 2.39. The molecule has 2 atom stereocenters. The molecule has 104 valence electrons. The molecule has 4 heteroatoms. The van der Waals surface area contributed by atoms with E-state index in [0.29, 0.717) is 12.5 Å². The van der Waals surface area contributed by atoms with Crippen LogP contribution in [0.1, 0.15) is 45.4 Å². The molecule has 2 N–H and O–H groups in total. The van der Waals surface area contributed by atoms with E-state index in [2.05, 4.69) is 17.1 Å². The Labute approximate surface area is 110 Å². The van der Waals surface area contributed by atoms with Gasteiger partial charge in [0, 0.05) is 25.6 Å². The Bertz CT molecular complexity index is 296. The molecule has 1 saturated carbocycles. The van der Waals surface area contributed by atoms with E-state index in [0.717, 1.165) is 51.7 Å². The molecule has 0 spiro atoms. The van der Waals surface area contributed by atoms with Crippen LogP contribution in [-0.4, -0.2) is 47.7 Å². The summed E-state index contributed by atoms with van der Waals surface area (Å²) in [5.41, 5.74) is -0.436. The van der Waals surface area contributed by atoms with Crippen LogP contribution in [0.4, 0.5) is 0 Å². The first-order valence-corrected chi connectivity index (χ1v) is 7.35. The molecule has 0 aromatic carbocycles. The van der Waals surface area contributed by atoms with Crippen molar-refractivity contribution in [3.8, 4) is 0 Å². The Morgan fingerprint density at radius 3 is 3.06 bits per heavy atom. The number of nitrogens with zero attached hydrogens (tertiary/aromatic N) is 1. The number of rotatable bonds is 4. The minimum atomic E-state index is -0.436. The number of fused-ring (bicyclic) bond motifs is 1. The van der Waals surface area contributed by atoms with Crippen molar-refractivity contribution < 1.29 is 9.90 Å². The second-order valence-electron chi connectivity index (χ2n) is 5.88. The van der Waals surface area contributed by atoms with Gasteiger partial charge in [-0.15, -0.1) is 0 Å². The maximum absolute atomic E-state index is 11.7. The SMILES string of the molecule is CCCNC(=O)CN1CCC2(O)CCCCC2C1. The summed E-state index contributed by atoms with van der Waals surface area (Å²) in [7, 11) is 0. The van der Waals surface area contributed by atoms with E-state index in [-0.39, 0.29) is 5.91 Å². The predicted molar refractivity (Wildman–Crippen MR) is 71.3 cm³/mol. The molecule has 0 bridgehead atoms. The normalized spacial score (nSPS) is 32.9. The summed E-state index contributed by atoms with van der Waals surface area (Å²) in [4.78, 5) is 13.9. The van der Waals surface area contributed by atoms with Gasteiger partial charge in [0.1, 0.15) is 0 Å². The van der Waals surface area contributed by atoms with Crippen molar-refractivity contribution >= 4 is 5.91 Å². The van der Waals surface area contributed by atoms with E-state index < -0.39 is 5.60 Å². The lowest BCUT2D eigenvalue weighted by Crippen LogP contribution is -2.54. The summed E-state index contributed by atoms with van der Waals surface area (Å²) < 4.78 is 0. The lowest BCUT2D eigenvalue weighted by molar-refractivity contribution is -0.127. The van der Waals surface area contributed by atoms with Gasteiger partial charge in [0.05, 0.1) is 12.1 Å². The molecule has 1 aliphatic heterocycles. The number of hydrogen-bond donors (Lipinski definition) is 2. The average Bonchev–Trinajstić information content (AvgIpc) is 2.36. The predicted octanol–water partition coefficient (Wildman–Crippen LogP) is 1.14. The molecular formula is C14H26N2O2. The molecule has 0 aromatic rings. The number of nitrogens with one attached hydrogen (secondary N) is 1. The van der Waals surface area contributed by atoms with Crippen molar-refractivity contribution in [1.82, 2.24) is 10.2 Å². The number of hydrogen-bond acceptors (Lipinski definition) is 3. The Balaban J connectivity index is 1.81. The smallest absolute Gasteiger partial charge is 0.234 e. The first-order valence-electron chi connectivity index (χ1n) is 7.35. The van der Waals surface area contributed by atoms with Gasteiger partial charge in [-0.05, 0) is 25.7 Å². The number of carbonyl (C=O) groups excluding carboxylic acids is 1. The lowest BCUT2D eigenvalue weighted by atomic mass is 9.71. The third-order valence-corrected chi connectivity index (χ3v) is 4.45. The summed E-state index contributed by atoms with van der Waals surface area (Å²) in [6.45, 7) is 5.05. The summed E-state index contributed by atoms with van der Waals surface area (Å²) in [5, 5.41) is 13.5. The molecule has 4 nitrogen and oxygen atoms in total. The number of piperidine rings is 1. The van der Waals surface area contributed by atoms with Crippen LogP contribution in [0.5, 0.6) is 0 Å². The molecule has 1 heterocycles. The topological polar surface area (TPSA) is 52.6 Å². The minimum Gasteiger partial charge on any atom is -0.390 e. The van der Waals surface area contributed by atoms with Crippen molar-refractivity contribution in [2.45, 2.75) is 51.0 Å². The molecule has 2 aliphatic rings. The Morgan fingerprint density at radius 2 is 2.28 bits per heavy atom. The Hall–Kier alpha value is -0.610. The lowest BCUT2D eigenvalue weighted by Gasteiger charge is -2.47. The van der Waals surface area contributed by atoms with Crippen LogP contribution in [0, 0.1) is 5.92 Å². The largest absolute Gasteiger partial charge is 0.390 e. The van der Waals surface area contributed by atoms with Crippen LogP contribution >= 0.6 is 0 Å². The van der Waals surface area contributed by atoms with Crippen molar-refractivity contribution in [3.05, 3.63) is 0 Å². The van der Waals surface area contributed by atoms with Gasteiger partial charge in [0.2, 0.25) is 5.91 Å². The summed E-state index contributed by atoms with van der Waals surface area (Å²) in [5.74, 6) is 0.497. The number of likely N-dealkylation sites (tertiary alicyclic amines) is 1. The second kappa shape index (κ2) is 6.02. The fraction of sp³-hybridized carbons (Fsp3) is 0.929. The fourth-order valence-corrected chi connectivity index (χ4v) is 3.31. The van der Waals surface area contributed by atoms with Crippen LogP contribution < -0.4 is 5.32 Å². The van der Waals surface area contributed by atoms with Gasteiger partial charge in [-0.2, -0.15) is 0 Å². The van der Waals surface area contributed by atoms with Crippen molar-refractivity contribution in [1.29, 1.82) is 0 Å². The summed E-state index contributed by atoms with van der Waals surface area (Å²) >= 11 is 0. The van der Waals surface area contributed by atoms with E-state index in [1.54, 1.807) is 0 Å². The molecule has 1 saturated heterocycles. The molecule has 2 rings (SSSR count). The average molecular weight is 254 g/mol. The van der Waals surface area contributed by atoms with Crippen molar-refractivity contribution in [2.75, 3.05) is 26.2 Å². The van der Waals surface area contributed by atoms with Gasteiger partial charge >= 0.3 is 0 Å². The van der Waals surface area contributed by atoms with Crippen molar-refractivity contribution in [2.24, 2.45) is 5.92 Å². The van der Waals surface area contributed by atoms with Crippen molar-refractivity contribution in [3.63, 3.8) is 0 Å². The number of amides is 1. The van der Waals surface area contributed by atoms with Crippen LogP contribution in [-0.2, 0) is 4.79 Å². The van der Waals surface area contributed by atoms with E-state index in [4.69, 9.17) is 0 Å². The highest BCUT2D eigenvalue weighted by molar-refractivity contribution is 5.77. The van der Waals surface area contributed by atoms with Crippen LogP contribution in [0.25, 0.3) is 0 Å². The molecule has 0 aromatic heterocycles. The quantitative estimate of drug-likeness (QED) is 0.791. The van der Waals surface area contributed by atoms with Gasteiger partial charge in [0.15, 0.2) is 0 Å². The van der Waals surface area contributed by atoms with E-state index in [1.807, 2.05) is 0 Å². The van der Waals surface area contributed by atoms with Crippen LogP contribution in [0.2, 0.25) is 0 Å². The summed E-state index contributed by atoms with van der Waals surface area (Å²) in [6.07, 6.45) is 6.26. The maximum atomic E-state index is 11.7. The fourth-order valence-electron chi connectivity index (χ4n) is 3.31. The van der Waals surface area contributed by atoms with Crippen LogP contribution in [0.3, 0.4) is 0 Å². The zero-order chi connectivity index (χ0) is 13.0. The maximum Gasteiger partial charge on any atom is 0.234 e. The summed E-state index contributed by atoms with van der Waals surface area (Å²) in [6, 6.07) is 0. The number of carbonyl (C=O) groups is 1. The first-order chi connectivity index (χ1) is 8.64. The second-order valence-corrected chi connectivity index (χ2v) is 5.88. The third kappa shape index (κ3) is 3.23. The molecule has 18 heavy (non-hydrogen) atoms. The number of aliphatic hydroxyl groups is 1. The zero-order valence-corrected chi connectivity index (χ0v) is 11.5. The van der Waals surface area contributed by atoms with Gasteiger partial charge in [-0.25, -0.2) is 0 Å². The highest BCUT2D eigenvalue weighted by Gasteiger charge is 2.42. The van der Waals surface area contributed by atoms with Gasteiger partial charge < -0.3 is 10.4 Å². The Kier molecular flexibility index (Phi) is 4.62. The Morgan fingerprint density at radius 1 is 1.44 bits per heavy atom. The molecule has 0 radical (unpaired) electrons. The van der Waals surface area contributed by atoms with E-state index in [1.165, 1.54) is 6.42 Å². The molecular weight excluding hydrogens is 228 g/mol. The first kappa shape index (κ1) is 13.8. The van der Waals surface area contributed by atoms with Crippen LogP contribution in [0.15, 0.2) is 0 Å². The third-order valence-electron chi connectivity index (χ3n) is 4.45. The molecule has 2 fully saturated rings. The zero-order valence-electron chi connectivity index (χ0n) is 11.5. The minimum absolute atomic E-state index is 0.123. The van der Waals surface area contributed by atoms with Gasteiger partial charge in [-0.1, -0.05) is 19.8 Å². The van der Waals surface area contributed by atoms with Gasteiger partial charge in [0.25, 0.3) is 0 Å². The van der Waals surface area contributed by atoms with E-state index in [9.17, 15) is 9.90 Å². The molecule has 1 aliphatic carbocycles. The molecule has 1 amide bonds.